The first kappa shape index (κ1) is 22.1. The van der Waals surface area contributed by atoms with E-state index >= 15 is 0 Å². The molecule has 2 aromatic rings. The summed E-state index contributed by atoms with van der Waals surface area (Å²) in [7, 11) is 0. The van der Waals surface area contributed by atoms with Gasteiger partial charge in [-0.3, -0.25) is 0 Å². The number of hydrogen-bond acceptors (Lipinski definition) is 0. The van der Waals surface area contributed by atoms with Gasteiger partial charge in [0.15, 0.2) is 0 Å². The number of hydrogen-bond donors (Lipinski definition) is 0. The molecule has 1 aliphatic rings. The Morgan fingerprint density at radius 3 is 1.83 bits per heavy atom. The second kappa shape index (κ2) is 12.2. The quantitative estimate of drug-likeness (QED) is 0.335. The Morgan fingerprint density at radius 1 is 0.621 bits per heavy atom. The Morgan fingerprint density at radius 2 is 1.21 bits per heavy atom. The molecule has 0 atom stereocenters. The molecule has 0 N–H and O–H groups in total. The van der Waals surface area contributed by atoms with Crippen molar-refractivity contribution in [2.75, 3.05) is 0 Å². The van der Waals surface area contributed by atoms with Gasteiger partial charge in [0.25, 0.3) is 0 Å². The van der Waals surface area contributed by atoms with E-state index in [1.54, 1.807) is 5.56 Å². The van der Waals surface area contributed by atoms with E-state index < -0.39 is 0 Å². The predicted octanol–water partition coefficient (Wildman–Crippen LogP) is 9.33. The minimum absolute atomic E-state index is 0.789. The van der Waals surface area contributed by atoms with E-state index in [1.165, 1.54) is 100 Å². The van der Waals surface area contributed by atoms with Gasteiger partial charge >= 0.3 is 0 Å². The molecule has 29 heavy (non-hydrogen) atoms. The van der Waals surface area contributed by atoms with Crippen LogP contribution in [0.15, 0.2) is 48.5 Å². The molecule has 0 aliphatic heterocycles. The van der Waals surface area contributed by atoms with Crippen LogP contribution in [0.2, 0.25) is 0 Å². The lowest BCUT2D eigenvalue weighted by Crippen LogP contribution is -2.13. The van der Waals surface area contributed by atoms with Crippen LogP contribution in [0.4, 0.5) is 0 Å². The zero-order chi connectivity index (χ0) is 20.3. The van der Waals surface area contributed by atoms with Crippen LogP contribution in [-0.4, -0.2) is 0 Å². The second-order valence-electron chi connectivity index (χ2n) is 9.34. The van der Waals surface area contributed by atoms with Crippen molar-refractivity contribution >= 4 is 0 Å². The molecule has 0 radical (unpaired) electrons. The summed E-state index contributed by atoms with van der Waals surface area (Å²) in [5, 5.41) is 0. The average Bonchev–Trinajstić information content (AvgIpc) is 2.78. The summed E-state index contributed by atoms with van der Waals surface area (Å²) in [4.78, 5) is 0. The molecule has 158 valence electrons. The van der Waals surface area contributed by atoms with Crippen molar-refractivity contribution in [1.29, 1.82) is 0 Å². The maximum atomic E-state index is 2.40. The molecule has 1 aliphatic carbocycles. The van der Waals surface area contributed by atoms with Crippen molar-refractivity contribution < 1.29 is 0 Å². The first-order valence-corrected chi connectivity index (χ1v) is 12.5. The number of unbranched alkanes of at least 4 members (excludes halogenated alkanes) is 5. The van der Waals surface area contributed by atoms with E-state index in [9.17, 15) is 0 Å². The van der Waals surface area contributed by atoms with Crippen LogP contribution < -0.4 is 0 Å². The first-order valence-electron chi connectivity index (χ1n) is 12.5. The van der Waals surface area contributed by atoms with E-state index in [-0.39, 0.29) is 0 Å². The van der Waals surface area contributed by atoms with Gasteiger partial charge in [-0.25, -0.2) is 0 Å². The molecular weight excluding hydrogens is 348 g/mol. The smallest absolute Gasteiger partial charge is 0.0162 e. The largest absolute Gasteiger partial charge is 0.0654 e. The van der Waals surface area contributed by atoms with Gasteiger partial charge in [0.05, 0.1) is 0 Å². The standard InChI is InChI=1S/C29H42/c1-3-5-7-9-11-25-14-18-27(19-15-25)29-22-20-28(21-23-29)26-16-12-24(13-17-26)10-8-6-4-2/h14-15,18-24,26H,3-13,16-17H2,1-2H3. The lowest BCUT2D eigenvalue weighted by Gasteiger charge is -2.29. The Hall–Kier alpha value is -1.56. The summed E-state index contributed by atoms with van der Waals surface area (Å²) >= 11 is 0. The number of benzene rings is 2. The van der Waals surface area contributed by atoms with Crippen molar-refractivity contribution in [1.82, 2.24) is 0 Å². The molecule has 2 aromatic carbocycles. The van der Waals surface area contributed by atoms with E-state index in [2.05, 4.69) is 62.4 Å². The van der Waals surface area contributed by atoms with E-state index in [0.717, 1.165) is 11.8 Å². The normalized spacial score (nSPS) is 19.4. The SMILES string of the molecule is CCCCCCc1ccc(-c2ccc(C3CCC(CCCCC)CC3)cc2)cc1. The van der Waals surface area contributed by atoms with Crippen molar-refractivity contribution in [2.45, 2.75) is 103 Å². The summed E-state index contributed by atoms with van der Waals surface area (Å²) < 4.78 is 0. The second-order valence-corrected chi connectivity index (χ2v) is 9.34. The predicted molar refractivity (Wildman–Crippen MR) is 129 cm³/mol. The van der Waals surface area contributed by atoms with Gasteiger partial charge in [-0.15, -0.1) is 0 Å². The highest BCUT2D eigenvalue weighted by atomic mass is 14.3. The highest BCUT2D eigenvalue weighted by Gasteiger charge is 2.21. The minimum atomic E-state index is 0.789. The van der Waals surface area contributed by atoms with Crippen molar-refractivity contribution in [2.24, 2.45) is 5.92 Å². The molecule has 1 saturated carbocycles. The van der Waals surface area contributed by atoms with Gasteiger partial charge < -0.3 is 0 Å². The molecule has 0 unspecified atom stereocenters. The molecule has 0 heteroatoms. The fourth-order valence-corrected chi connectivity index (χ4v) is 5.03. The Kier molecular flexibility index (Phi) is 9.32. The fourth-order valence-electron chi connectivity index (χ4n) is 5.03. The molecular formula is C29H42. The number of rotatable bonds is 11. The van der Waals surface area contributed by atoms with Gasteiger partial charge in [-0.2, -0.15) is 0 Å². The molecule has 0 aromatic heterocycles. The summed E-state index contributed by atoms with van der Waals surface area (Å²) in [5.41, 5.74) is 5.76. The van der Waals surface area contributed by atoms with Gasteiger partial charge in [0.2, 0.25) is 0 Å². The third-order valence-electron chi connectivity index (χ3n) is 7.05. The molecule has 3 rings (SSSR count). The summed E-state index contributed by atoms with van der Waals surface area (Å²) in [6.07, 6.45) is 17.9. The molecule has 0 nitrogen and oxygen atoms in total. The molecule has 0 bridgehead atoms. The van der Waals surface area contributed by atoms with Crippen molar-refractivity contribution in [3.05, 3.63) is 59.7 Å². The van der Waals surface area contributed by atoms with Crippen LogP contribution in [0.25, 0.3) is 11.1 Å². The fraction of sp³-hybridized carbons (Fsp3) is 0.586. The maximum absolute atomic E-state index is 2.40. The van der Waals surface area contributed by atoms with E-state index in [4.69, 9.17) is 0 Å². The Bertz CT molecular complexity index is 671. The van der Waals surface area contributed by atoms with Crippen molar-refractivity contribution in [3.63, 3.8) is 0 Å². The van der Waals surface area contributed by atoms with Gasteiger partial charge in [-0.1, -0.05) is 107 Å². The Balaban J connectivity index is 1.49. The lowest BCUT2D eigenvalue weighted by atomic mass is 9.77. The monoisotopic (exact) mass is 390 g/mol. The molecule has 0 amide bonds. The van der Waals surface area contributed by atoms with Gasteiger partial charge in [0.1, 0.15) is 0 Å². The minimum Gasteiger partial charge on any atom is -0.0654 e. The van der Waals surface area contributed by atoms with Crippen LogP contribution >= 0.6 is 0 Å². The molecule has 0 saturated heterocycles. The van der Waals surface area contributed by atoms with Crippen molar-refractivity contribution in [3.8, 4) is 11.1 Å². The molecule has 0 heterocycles. The zero-order valence-corrected chi connectivity index (χ0v) is 19.0. The summed E-state index contributed by atoms with van der Waals surface area (Å²) in [6, 6.07) is 18.8. The van der Waals surface area contributed by atoms with E-state index in [1.807, 2.05) is 0 Å². The molecule has 1 fully saturated rings. The zero-order valence-electron chi connectivity index (χ0n) is 19.0. The highest BCUT2D eigenvalue weighted by Crippen LogP contribution is 2.38. The Labute approximate surface area is 180 Å². The topological polar surface area (TPSA) is 0 Å². The third kappa shape index (κ3) is 7.02. The molecule has 0 spiro atoms. The maximum Gasteiger partial charge on any atom is -0.0162 e. The highest BCUT2D eigenvalue weighted by molar-refractivity contribution is 5.64. The summed E-state index contributed by atoms with van der Waals surface area (Å²) in [6.45, 7) is 4.59. The lowest BCUT2D eigenvalue weighted by molar-refractivity contribution is 0.303. The van der Waals surface area contributed by atoms with E-state index in [0.29, 0.717) is 0 Å². The van der Waals surface area contributed by atoms with Crippen LogP contribution in [0.5, 0.6) is 0 Å². The first-order chi connectivity index (χ1) is 14.3. The van der Waals surface area contributed by atoms with Crippen LogP contribution in [-0.2, 0) is 6.42 Å². The average molecular weight is 391 g/mol. The van der Waals surface area contributed by atoms with Gasteiger partial charge in [-0.05, 0) is 72.6 Å². The third-order valence-corrected chi connectivity index (χ3v) is 7.05. The number of aryl methyl sites for hydroxylation is 1. The van der Waals surface area contributed by atoms with Gasteiger partial charge in [0, 0.05) is 0 Å². The van der Waals surface area contributed by atoms with Crippen LogP contribution in [0.1, 0.15) is 108 Å². The van der Waals surface area contributed by atoms with Crippen LogP contribution in [0, 0.1) is 5.92 Å². The summed E-state index contributed by atoms with van der Waals surface area (Å²) in [5.74, 6) is 1.79. The van der Waals surface area contributed by atoms with Crippen LogP contribution in [0.3, 0.4) is 0 Å².